The van der Waals surface area contributed by atoms with Crippen LogP contribution < -0.4 is 10.6 Å². The van der Waals surface area contributed by atoms with E-state index in [1.165, 1.54) is 6.07 Å². The number of hydrogen-bond donors (Lipinski definition) is 2. The van der Waals surface area contributed by atoms with Crippen LogP contribution in [0.15, 0.2) is 41.3 Å². The fourth-order valence-corrected chi connectivity index (χ4v) is 3.41. The van der Waals surface area contributed by atoms with Gasteiger partial charge in [-0.15, -0.1) is 0 Å². The number of carbonyl (C=O) groups is 1. The van der Waals surface area contributed by atoms with Crippen LogP contribution in [0.4, 0.5) is 10.5 Å². The molecule has 0 saturated carbocycles. The Hall–Kier alpha value is -1.99. The Labute approximate surface area is 151 Å². The van der Waals surface area contributed by atoms with E-state index in [0.717, 1.165) is 11.1 Å². The van der Waals surface area contributed by atoms with Gasteiger partial charge >= 0.3 is 6.09 Å². The van der Waals surface area contributed by atoms with Crippen molar-refractivity contribution in [3.63, 3.8) is 0 Å². The van der Waals surface area contributed by atoms with E-state index >= 15 is 0 Å². The van der Waals surface area contributed by atoms with Crippen molar-refractivity contribution in [3.8, 4) is 0 Å². The number of carbonyl (C=O) groups excluding carboxylic acids is 1. The second kappa shape index (κ2) is 7.49. The summed E-state index contributed by atoms with van der Waals surface area (Å²) in [6.45, 7) is 6.20. The van der Waals surface area contributed by atoms with Gasteiger partial charge in [0.1, 0.15) is 5.60 Å². The van der Waals surface area contributed by atoms with E-state index in [9.17, 15) is 13.2 Å². The molecular formula is C17H21ClN2O4S. The van der Waals surface area contributed by atoms with Gasteiger partial charge in [-0.25, -0.2) is 13.2 Å². The van der Waals surface area contributed by atoms with E-state index in [0.29, 0.717) is 18.5 Å². The van der Waals surface area contributed by atoms with Gasteiger partial charge in [-0.05, 0) is 32.9 Å². The minimum absolute atomic E-state index is 0.0715. The molecule has 6 nitrogen and oxygen atoms in total. The van der Waals surface area contributed by atoms with E-state index in [4.69, 9.17) is 15.4 Å². The third-order valence-corrected chi connectivity index (χ3v) is 4.63. The second-order valence-corrected chi connectivity index (χ2v) is 8.98. The van der Waals surface area contributed by atoms with E-state index in [-0.39, 0.29) is 4.90 Å². The van der Waals surface area contributed by atoms with Gasteiger partial charge in [0, 0.05) is 40.2 Å². The van der Waals surface area contributed by atoms with E-state index < -0.39 is 20.7 Å². The minimum Gasteiger partial charge on any atom is -0.444 e. The molecule has 0 atom stereocenters. The SMILES string of the molecule is CC(C)(C)OC(=O)NCCNc1cccc2c(S(=O)(=O)Cl)cccc12. The highest BCUT2D eigenvalue weighted by atomic mass is 35.7. The van der Waals surface area contributed by atoms with E-state index in [1.54, 1.807) is 39.0 Å². The first kappa shape index (κ1) is 19.3. The summed E-state index contributed by atoms with van der Waals surface area (Å²) in [7, 11) is 1.67. The zero-order chi connectivity index (χ0) is 18.7. The molecule has 0 fully saturated rings. The molecule has 0 heterocycles. The predicted molar refractivity (Wildman–Crippen MR) is 99.7 cm³/mol. The number of anilines is 1. The van der Waals surface area contributed by atoms with Crippen LogP contribution >= 0.6 is 10.7 Å². The molecule has 8 heteroatoms. The van der Waals surface area contributed by atoms with Crippen LogP contribution in [-0.4, -0.2) is 33.2 Å². The third-order valence-electron chi connectivity index (χ3n) is 3.25. The number of amides is 1. The third kappa shape index (κ3) is 5.51. The molecule has 0 aromatic heterocycles. The summed E-state index contributed by atoms with van der Waals surface area (Å²) in [6, 6.07) is 10.2. The van der Waals surface area contributed by atoms with Gasteiger partial charge in [0.05, 0.1) is 4.90 Å². The van der Waals surface area contributed by atoms with Crippen LogP contribution in [0.5, 0.6) is 0 Å². The van der Waals surface area contributed by atoms with E-state index in [1.807, 2.05) is 12.1 Å². The molecule has 0 unspecified atom stereocenters. The smallest absolute Gasteiger partial charge is 0.407 e. The maximum atomic E-state index is 11.7. The van der Waals surface area contributed by atoms with Gasteiger partial charge < -0.3 is 15.4 Å². The fourth-order valence-electron chi connectivity index (χ4n) is 2.32. The average Bonchev–Trinajstić information content (AvgIpc) is 2.48. The largest absolute Gasteiger partial charge is 0.444 e. The first-order valence-electron chi connectivity index (χ1n) is 7.75. The standard InChI is InChI=1S/C17H21ClN2O4S/c1-17(2,3)24-16(21)20-11-10-19-14-8-4-7-13-12(14)6-5-9-15(13)25(18,22)23/h4-9,19H,10-11H2,1-3H3,(H,20,21). The zero-order valence-corrected chi connectivity index (χ0v) is 15.9. The van der Waals surface area contributed by atoms with Crippen molar-refractivity contribution in [1.82, 2.24) is 5.32 Å². The number of fused-ring (bicyclic) bond motifs is 1. The van der Waals surface area contributed by atoms with Crippen molar-refractivity contribution in [2.24, 2.45) is 0 Å². The Morgan fingerprint density at radius 2 is 1.72 bits per heavy atom. The van der Waals surface area contributed by atoms with E-state index in [2.05, 4.69) is 10.6 Å². The van der Waals surface area contributed by atoms with Gasteiger partial charge in [0.2, 0.25) is 0 Å². The van der Waals surface area contributed by atoms with Crippen molar-refractivity contribution < 1.29 is 17.9 Å². The Morgan fingerprint density at radius 1 is 1.08 bits per heavy atom. The summed E-state index contributed by atoms with van der Waals surface area (Å²) >= 11 is 0. The number of alkyl carbamates (subject to hydrolysis) is 1. The number of nitrogens with one attached hydrogen (secondary N) is 2. The molecular weight excluding hydrogens is 364 g/mol. The molecule has 0 aliphatic heterocycles. The van der Waals surface area contributed by atoms with Crippen LogP contribution in [-0.2, 0) is 13.8 Å². The van der Waals surface area contributed by atoms with Crippen molar-refractivity contribution in [1.29, 1.82) is 0 Å². The van der Waals surface area contributed by atoms with Gasteiger partial charge in [-0.2, -0.15) is 0 Å². The summed E-state index contributed by atoms with van der Waals surface area (Å²) < 4.78 is 28.5. The molecule has 0 aliphatic rings. The number of ether oxygens (including phenoxy) is 1. The highest BCUT2D eigenvalue weighted by molar-refractivity contribution is 8.14. The number of rotatable bonds is 5. The second-order valence-electron chi connectivity index (χ2n) is 6.45. The molecule has 0 saturated heterocycles. The van der Waals surface area contributed by atoms with Crippen molar-refractivity contribution in [3.05, 3.63) is 36.4 Å². The predicted octanol–water partition coefficient (Wildman–Crippen LogP) is 3.70. The lowest BCUT2D eigenvalue weighted by molar-refractivity contribution is 0.0530. The lowest BCUT2D eigenvalue weighted by atomic mass is 10.1. The zero-order valence-electron chi connectivity index (χ0n) is 14.3. The van der Waals surface area contributed by atoms with Crippen LogP contribution in [0.1, 0.15) is 20.8 Å². The molecule has 0 radical (unpaired) electrons. The Morgan fingerprint density at radius 3 is 2.36 bits per heavy atom. The summed E-state index contributed by atoms with van der Waals surface area (Å²) in [4.78, 5) is 11.7. The molecule has 25 heavy (non-hydrogen) atoms. The minimum atomic E-state index is -3.83. The highest BCUT2D eigenvalue weighted by Gasteiger charge is 2.16. The monoisotopic (exact) mass is 384 g/mol. The first-order valence-corrected chi connectivity index (χ1v) is 10.1. The van der Waals surface area contributed by atoms with Crippen LogP contribution in [0.25, 0.3) is 10.8 Å². The Kier molecular flexibility index (Phi) is 5.80. The molecule has 0 bridgehead atoms. The lowest BCUT2D eigenvalue weighted by Crippen LogP contribution is -2.35. The molecule has 2 aromatic rings. The summed E-state index contributed by atoms with van der Waals surface area (Å²) in [6.07, 6.45) is -0.484. The molecule has 136 valence electrons. The van der Waals surface area contributed by atoms with Crippen molar-refractivity contribution >= 4 is 42.3 Å². The summed E-state index contributed by atoms with van der Waals surface area (Å²) in [5, 5.41) is 7.11. The topological polar surface area (TPSA) is 84.5 Å². The summed E-state index contributed by atoms with van der Waals surface area (Å²) in [5.74, 6) is 0. The molecule has 2 rings (SSSR count). The normalized spacial score (nSPS) is 12.0. The van der Waals surface area contributed by atoms with Crippen LogP contribution in [0, 0.1) is 0 Å². The maximum Gasteiger partial charge on any atom is 0.407 e. The average molecular weight is 385 g/mol. The highest BCUT2D eigenvalue weighted by Crippen LogP contribution is 2.30. The molecule has 2 N–H and O–H groups in total. The van der Waals surface area contributed by atoms with Gasteiger partial charge in [0.25, 0.3) is 9.05 Å². The first-order chi connectivity index (χ1) is 11.6. The number of benzene rings is 2. The van der Waals surface area contributed by atoms with Gasteiger partial charge in [0.15, 0.2) is 0 Å². The van der Waals surface area contributed by atoms with Crippen LogP contribution in [0.3, 0.4) is 0 Å². The lowest BCUT2D eigenvalue weighted by Gasteiger charge is -2.19. The molecule has 1 amide bonds. The van der Waals surface area contributed by atoms with Crippen molar-refractivity contribution in [2.45, 2.75) is 31.3 Å². The fraction of sp³-hybridized carbons (Fsp3) is 0.353. The Balaban J connectivity index is 2.07. The van der Waals surface area contributed by atoms with Crippen molar-refractivity contribution in [2.75, 3.05) is 18.4 Å². The number of hydrogen-bond acceptors (Lipinski definition) is 5. The number of halogens is 1. The van der Waals surface area contributed by atoms with Gasteiger partial charge in [-0.1, -0.05) is 24.3 Å². The molecule has 0 aliphatic carbocycles. The quantitative estimate of drug-likeness (QED) is 0.606. The molecule has 2 aromatic carbocycles. The summed E-state index contributed by atoms with van der Waals surface area (Å²) in [5.41, 5.74) is 0.210. The van der Waals surface area contributed by atoms with Gasteiger partial charge in [-0.3, -0.25) is 0 Å². The Bertz CT molecular complexity index is 876. The molecule has 0 spiro atoms. The maximum absolute atomic E-state index is 11.7. The van der Waals surface area contributed by atoms with Crippen LogP contribution in [0.2, 0.25) is 0 Å².